The van der Waals surface area contributed by atoms with Crippen LogP contribution >= 0.6 is 11.6 Å². The summed E-state index contributed by atoms with van der Waals surface area (Å²) in [7, 11) is 1.67. The molecule has 132 valence electrons. The van der Waals surface area contributed by atoms with Crippen LogP contribution < -0.4 is 10.1 Å². The first-order chi connectivity index (χ1) is 12.1. The highest BCUT2D eigenvalue weighted by molar-refractivity contribution is 6.31. The van der Waals surface area contributed by atoms with Gasteiger partial charge in [0.1, 0.15) is 5.75 Å². The number of carbonyl (C=O) groups excluding carboxylic acids is 1. The van der Waals surface area contributed by atoms with Gasteiger partial charge in [0.25, 0.3) is 0 Å². The van der Waals surface area contributed by atoms with Gasteiger partial charge in [-0.1, -0.05) is 29.8 Å². The van der Waals surface area contributed by atoms with Crippen molar-refractivity contribution in [3.8, 4) is 16.9 Å². The van der Waals surface area contributed by atoms with Crippen molar-refractivity contribution in [2.45, 2.75) is 25.8 Å². The van der Waals surface area contributed by atoms with Gasteiger partial charge in [0, 0.05) is 47.9 Å². The fraction of sp³-hybridized carbons (Fsp3) is 0.350. The van der Waals surface area contributed by atoms with Crippen molar-refractivity contribution in [2.75, 3.05) is 25.5 Å². The van der Waals surface area contributed by atoms with Crippen LogP contribution in [0.5, 0.6) is 5.75 Å². The lowest BCUT2D eigenvalue weighted by Crippen LogP contribution is -2.41. The number of nitrogens with zero attached hydrogens (tertiary/aromatic N) is 1. The second-order valence-corrected chi connectivity index (χ2v) is 6.75. The molecule has 1 amide bonds. The van der Waals surface area contributed by atoms with Crippen LogP contribution in [0.15, 0.2) is 42.5 Å². The maximum absolute atomic E-state index is 11.5. The van der Waals surface area contributed by atoms with Crippen LogP contribution in [-0.4, -0.2) is 37.0 Å². The van der Waals surface area contributed by atoms with E-state index in [9.17, 15) is 4.79 Å². The first kappa shape index (κ1) is 17.6. The van der Waals surface area contributed by atoms with Gasteiger partial charge in [0.05, 0.1) is 7.11 Å². The number of benzene rings is 2. The Morgan fingerprint density at radius 1 is 1.16 bits per heavy atom. The van der Waals surface area contributed by atoms with Gasteiger partial charge < -0.3 is 15.0 Å². The van der Waals surface area contributed by atoms with Crippen molar-refractivity contribution in [3.63, 3.8) is 0 Å². The monoisotopic (exact) mass is 358 g/mol. The number of amides is 1. The summed E-state index contributed by atoms with van der Waals surface area (Å²) in [5.74, 6) is 0.951. The molecule has 1 aliphatic heterocycles. The fourth-order valence-corrected chi connectivity index (χ4v) is 3.47. The van der Waals surface area contributed by atoms with Crippen molar-refractivity contribution in [3.05, 3.63) is 47.5 Å². The zero-order chi connectivity index (χ0) is 17.8. The molecule has 1 fully saturated rings. The molecule has 0 radical (unpaired) electrons. The number of para-hydroxylation sites is 1. The van der Waals surface area contributed by atoms with Crippen LogP contribution in [-0.2, 0) is 4.79 Å². The summed E-state index contributed by atoms with van der Waals surface area (Å²) in [5, 5.41) is 4.32. The molecule has 1 saturated heterocycles. The highest BCUT2D eigenvalue weighted by atomic mass is 35.5. The van der Waals surface area contributed by atoms with Gasteiger partial charge in [-0.3, -0.25) is 4.79 Å². The molecule has 1 aliphatic rings. The minimum Gasteiger partial charge on any atom is -0.496 e. The molecule has 1 N–H and O–H groups in total. The van der Waals surface area contributed by atoms with Crippen LogP contribution in [0.4, 0.5) is 5.69 Å². The second-order valence-electron chi connectivity index (χ2n) is 6.31. The molecular formula is C20H23ClN2O2. The minimum absolute atomic E-state index is 0.155. The number of halogens is 1. The summed E-state index contributed by atoms with van der Waals surface area (Å²) in [4.78, 5) is 13.4. The quantitative estimate of drug-likeness (QED) is 0.878. The lowest BCUT2D eigenvalue weighted by Gasteiger charge is -2.32. The number of methoxy groups -OCH3 is 1. The van der Waals surface area contributed by atoms with E-state index in [-0.39, 0.29) is 5.91 Å². The lowest BCUT2D eigenvalue weighted by atomic mass is 10.00. The average molecular weight is 359 g/mol. The van der Waals surface area contributed by atoms with E-state index in [2.05, 4.69) is 17.4 Å². The second kappa shape index (κ2) is 7.79. The van der Waals surface area contributed by atoms with Gasteiger partial charge in [0.2, 0.25) is 5.91 Å². The van der Waals surface area contributed by atoms with Gasteiger partial charge in [-0.05, 0) is 37.1 Å². The van der Waals surface area contributed by atoms with Crippen molar-refractivity contribution < 1.29 is 9.53 Å². The number of piperidine rings is 1. The molecule has 4 nitrogen and oxygen atoms in total. The zero-order valence-corrected chi connectivity index (χ0v) is 15.3. The third-order valence-corrected chi connectivity index (χ3v) is 4.91. The third kappa shape index (κ3) is 4.07. The first-order valence-corrected chi connectivity index (χ1v) is 8.91. The summed E-state index contributed by atoms with van der Waals surface area (Å²) >= 11 is 6.20. The van der Waals surface area contributed by atoms with E-state index >= 15 is 0 Å². The lowest BCUT2D eigenvalue weighted by molar-refractivity contribution is -0.129. The topological polar surface area (TPSA) is 41.6 Å². The Labute approximate surface area is 153 Å². The zero-order valence-electron chi connectivity index (χ0n) is 14.6. The smallest absolute Gasteiger partial charge is 0.219 e. The number of nitrogens with one attached hydrogen (secondary N) is 1. The Morgan fingerprint density at radius 2 is 1.88 bits per heavy atom. The van der Waals surface area contributed by atoms with Crippen LogP contribution in [0.25, 0.3) is 11.1 Å². The highest BCUT2D eigenvalue weighted by Gasteiger charge is 2.21. The molecule has 0 saturated carbocycles. The average Bonchev–Trinajstić information content (AvgIpc) is 2.62. The van der Waals surface area contributed by atoms with Crippen LogP contribution in [0, 0.1) is 0 Å². The van der Waals surface area contributed by atoms with Crippen LogP contribution in [0.1, 0.15) is 19.8 Å². The van der Waals surface area contributed by atoms with E-state index in [0.717, 1.165) is 48.5 Å². The molecule has 0 bridgehead atoms. The van der Waals surface area contributed by atoms with Crippen molar-refractivity contribution in [1.29, 1.82) is 0 Å². The number of rotatable bonds is 4. The summed E-state index contributed by atoms with van der Waals surface area (Å²) in [6, 6.07) is 14.2. The van der Waals surface area contributed by atoms with E-state index < -0.39 is 0 Å². The van der Waals surface area contributed by atoms with Crippen LogP contribution in [0.2, 0.25) is 5.02 Å². The SMILES string of the molecule is COc1ccc(Cl)cc1-c1ccccc1NC1CCN(C(C)=O)CC1. The summed E-state index contributed by atoms with van der Waals surface area (Å²) in [5.41, 5.74) is 3.10. The van der Waals surface area contributed by atoms with E-state index in [1.807, 2.05) is 35.2 Å². The van der Waals surface area contributed by atoms with Crippen molar-refractivity contribution in [1.82, 2.24) is 4.90 Å². The van der Waals surface area contributed by atoms with Crippen molar-refractivity contribution in [2.24, 2.45) is 0 Å². The maximum Gasteiger partial charge on any atom is 0.219 e. The number of hydrogen-bond acceptors (Lipinski definition) is 3. The maximum atomic E-state index is 11.5. The largest absolute Gasteiger partial charge is 0.496 e. The molecule has 3 rings (SSSR count). The summed E-state index contributed by atoms with van der Waals surface area (Å²) < 4.78 is 5.51. The number of ether oxygens (including phenoxy) is 1. The molecule has 2 aromatic carbocycles. The normalized spacial score (nSPS) is 15.1. The molecular weight excluding hydrogens is 336 g/mol. The highest BCUT2D eigenvalue weighted by Crippen LogP contribution is 2.37. The Morgan fingerprint density at radius 3 is 2.56 bits per heavy atom. The molecule has 5 heteroatoms. The number of anilines is 1. The number of likely N-dealkylation sites (tertiary alicyclic amines) is 1. The standard InChI is InChI=1S/C20H23ClN2O2/c1-14(24)23-11-9-16(10-12-23)22-19-6-4-3-5-17(19)18-13-15(21)7-8-20(18)25-2/h3-8,13,16,22H,9-12H2,1-2H3. The molecule has 0 spiro atoms. The van der Waals surface area contributed by atoms with E-state index in [1.54, 1.807) is 14.0 Å². The first-order valence-electron chi connectivity index (χ1n) is 8.53. The summed E-state index contributed by atoms with van der Waals surface area (Å²) in [6.45, 7) is 3.24. The van der Waals surface area contributed by atoms with E-state index in [4.69, 9.17) is 16.3 Å². The Kier molecular flexibility index (Phi) is 5.49. The molecule has 0 aromatic heterocycles. The fourth-order valence-electron chi connectivity index (χ4n) is 3.29. The molecule has 2 aromatic rings. The van der Waals surface area contributed by atoms with Gasteiger partial charge in [-0.25, -0.2) is 0 Å². The van der Waals surface area contributed by atoms with E-state index in [1.165, 1.54) is 0 Å². The Bertz CT molecular complexity index is 755. The molecule has 0 unspecified atom stereocenters. The van der Waals surface area contributed by atoms with Crippen molar-refractivity contribution >= 4 is 23.2 Å². The molecule has 0 atom stereocenters. The van der Waals surface area contributed by atoms with Crippen LogP contribution in [0.3, 0.4) is 0 Å². The predicted molar refractivity (Wildman–Crippen MR) is 102 cm³/mol. The Hall–Kier alpha value is -2.20. The predicted octanol–water partition coefficient (Wildman–Crippen LogP) is 4.44. The Balaban J connectivity index is 1.83. The van der Waals surface area contributed by atoms with E-state index in [0.29, 0.717) is 11.1 Å². The van der Waals surface area contributed by atoms with Gasteiger partial charge >= 0.3 is 0 Å². The minimum atomic E-state index is 0.155. The van der Waals surface area contributed by atoms with Gasteiger partial charge in [-0.2, -0.15) is 0 Å². The molecule has 1 heterocycles. The third-order valence-electron chi connectivity index (χ3n) is 4.68. The van der Waals surface area contributed by atoms with Gasteiger partial charge in [0.15, 0.2) is 0 Å². The number of carbonyl (C=O) groups is 1. The molecule has 0 aliphatic carbocycles. The molecule has 25 heavy (non-hydrogen) atoms. The number of hydrogen-bond donors (Lipinski definition) is 1. The van der Waals surface area contributed by atoms with Gasteiger partial charge in [-0.15, -0.1) is 0 Å². The summed E-state index contributed by atoms with van der Waals surface area (Å²) in [6.07, 6.45) is 1.89.